The van der Waals surface area contributed by atoms with Gasteiger partial charge in [0.1, 0.15) is 5.82 Å². The molecular formula is C37H52ClN3OSi. The first-order valence-electron chi connectivity index (χ1n) is 16.3. The molecule has 1 N–H and O–H groups in total. The second-order valence-electron chi connectivity index (χ2n) is 14.9. The molecule has 0 bridgehead atoms. The van der Waals surface area contributed by atoms with Crippen molar-refractivity contribution < 1.29 is 4.43 Å². The fraction of sp³-hybridized carbons (Fsp3) is 0.541. The molecule has 3 atom stereocenters. The van der Waals surface area contributed by atoms with Gasteiger partial charge in [0, 0.05) is 25.2 Å². The number of benzene rings is 2. The fourth-order valence-electron chi connectivity index (χ4n) is 8.02. The number of hydrogen-bond donors (Lipinski definition) is 1. The van der Waals surface area contributed by atoms with Crippen molar-refractivity contribution in [2.45, 2.75) is 96.3 Å². The molecule has 0 radical (unpaired) electrons. The highest BCUT2D eigenvalue weighted by atomic mass is 35.5. The Morgan fingerprint density at radius 3 is 2.05 bits per heavy atom. The Hall–Kier alpha value is -2.18. The van der Waals surface area contributed by atoms with Gasteiger partial charge in [-0.15, -0.1) is 12.4 Å². The SMILES string of the molecule is CC(C)C1CCC(c2cccc(N(C)C3CC4(CC4)C3)n2)NC1CO[Si](c1ccccc1)(c1ccccc1)C(C)(C)C.Cl. The maximum absolute atomic E-state index is 7.46. The van der Waals surface area contributed by atoms with Gasteiger partial charge in [-0.3, -0.25) is 0 Å². The summed E-state index contributed by atoms with van der Waals surface area (Å²) in [6, 6.07) is 29.9. The molecule has 1 aromatic heterocycles. The Balaban J connectivity index is 0.00000368. The van der Waals surface area contributed by atoms with Crippen LogP contribution in [0.5, 0.6) is 0 Å². The Morgan fingerprint density at radius 2 is 1.51 bits per heavy atom. The van der Waals surface area contributed by atoms with Crippen LogP contribution >= 0.6 is 12.4 Å². The summed E-state index contributed by atoms with van der Waals surface area (Å²) >= 11 is 0. The lowest BCUT2D eigenvalue weighted by Gasteiger charge is -2.46. The van der Waals surface area contributed by atoms with Crippen LogP contribution in [0.1, 0.15) is 84.9 Å². The minimum absolute atomic E-state index is 0. The molecule has 2 aromatic carbocycles. The highest BCUT2D eigenvalue weighted by Crippen LogP contribution is 2.61. The Labute approximate surface area is 267 Å². The molecule has 232 valence electrons. The Bertz CT molecular complexity index is 1290. The molecule has 6 rings (SSSR count). The molecule has 3 fully saturated rings. The summed E-state index contributed by atoms with van der Waals surface area (Å²) in [5, 5.41) is 6.75. The van der Waals surface area contributed by atoms with E-state index < -0.39 is 8.32 Å². The van der Waals surface area contributed by atoms with Crippen molar-refractivity contribution in [3.8, 4) is 0 Å². The van der Waals surface area contributed by atoms with Gasteiger partial charge in [0.2, 0.25) is 0 Å². The first-order chi connectivity index (χ1) is 20.1. The van der Waals surface area contributed by atoms with Gasteiger partial charge in [0.15, 0.2) is 0 Å². The molecule has 1 saturated heterocycles. The lowest BCUT2D eigenvalue weighted by atomic mass is 9.76. The summed E-state index contributed by atoms with van der Waals surface area (Å²) in [5.74, 6) is 2.28. The van der Waals surface area contributed by atoms with Gasteiger partial charge in [-0.25, -0.2) is 4.98 Å². The first-order valence-corrected chi connectivity index (χ1v) is 18.2. The van der Waals surface area contributed by atoms with Gasteiger partial charge in [0.05, 0.1) is 12.3 Å². The molecule has 43 heavy (non-hydrogen) atoms. The highest BCUT2D eigenvalue weighted by Gasteiger charge is 2.54. The van der Waals surface area contributed by atoms with Crippen LogP contribution in [0.3, 0.4) is 0 Å². The molecule has 6 heteroatoms. The van der Waals surface area contributed by atoms with E-state index in [4.69, 9.17) is 9.41 Å². The number of pyridine rings is 1. The second-order valence-corrected chi connectivity index (χ2v) is 19.2. The maximum atomic E-state index is 7.46. The van der Waals surface area contributed by atoms with Gasteiger partial charge >= 0.3 is 0 Å². The van der Waals surface area contributed by atoms with E-state index in [-0.39, 0.29) is 29.5 Å². The average Bonchev–Trinajstić information content (AvgIpc) is 3.78. The highest BCUT2D eigenvalue weighted by molar-refractivity contribution is 6.99. The van der Waals surface area contributed by atoms with E-state index in [1.165, 1.54) is 48.2 Å². The fourth-order valence-corrected chi connectivity index (χ4v) is 12.6. The third-order valence-electron chi connectivity index (χ3n) is 10.8. The quantitative estimate of drug-likeness (QED) is 0.252. The number of piperidine rings is 1. The molecular weight excluding hydrogens is 566 g/mol. The summed E-state index contributed by atoms with van der Waals surface area (Å²) in [6.07, 6.45) is 7.86. The number of rotatable bonds is 9. The summed E-state index contributed by atoms with van der Waals surface area (Å²) < 4.78 is 7.46. The van der Waals surface area contributed by atoms with Crippen molar-refractivity contribution in [1.82, 2.24) is 10.3 Å². The topological polar surface area (TPSA) is 37.4 Å². The van der Waals surface area contributed by atoms with Gasteiger partial charge in [0.25, 0.3) is 8.32 Å². The third-order valence-corrected chi connectivity index (χ3v) is 15.8. The number of hydrogen-bond acceptors (Lipinski definition) is 4. The van der Waals surface area contributed by atoms with Crippen molar-refractivity contribution in [2.24, 2.45) is 17.3 Å². The predicted molar refractivity (Wildman–Crippen MR) is 185 cm³/mol. The van der Waals surface area contributed by atoms with Gasteiger partial charge in [-0.2, -0.15) is 0 Å². The zero-order chi connectivity index (χ0) is 29.5. The lowest BCUT2D eigenvalue weighted by Crippen LogP contribution is -2.67. The third kappa shape index (κ3) is 6.33. The summed E-state index contributed by atoms with van der Waals surface area (Å²) in [7, 11) is -0.357. The van der Waals surface area contributed by atoms with E-state index in [9.17, 15) is 0 Å². The van der Waals surface area contributed by atoms with Crippen LogP contribution < -0.4 is 20.6 Å². The number of halogens is 1. The van der Waals surface area contributed by atoms with Gasteiger partial charge < -0.3 is 14.6 Å². The average molecular weight is 618 g/mol. The van der Waals surface area contributed by atoms with E-state index in [1.54, 1.807) is 0 Å². The van der Waals surface area contributed by atoms with Crippen molar-refractivity contribution in [1.29, 1.82) is 0 Å². The number of nitrogens with one attached hydrogen (secondary N) is 1. The monoisotopic (exact) mass is 617 g/mol. The molecule has 3 aromatic rings. The van der Waals surface area contributed by atoms with Crippen LogP contribution in [0.2, 0.25) is 5.04 Å². The molecule has 4 nitrogen and oxygen atoms in total. The zero-order valence-electron chi connectivity index (χ0n) is 27.1. The summed E-state index contributed by atoms with van der Waals surface area (Å²) in [6.45, 7) is 12.6. The van der Waals surface area contributed by atoms with Crippen LogP contribution in [0.15, 0.2) is 78.9 Å². The van der Waals surface area contributed by atoms with Crippen LogP contribution in [-0.4, -0.2) is 39.0 Å². The molecule has 1 spiro atoms. The molecule has 2 heterocycles. The molecule has 2 aliphatic carbocycles. The Kier molecular flexibility index (Phi) is 9.49. The van der Waals surface area contributed by atoms with Crippen molar-refractivity contribution >= 4 is 36.9 Å². The van der Waals surface area contributed by atoms with E-state index >= 15 is 0 Å². The van der Waals surface area contributed by atoms with E-state index in [0.29, 0.717) is 29.9 Å². The van der Waals surface area contributed by atoms with Crippen molar-refractivity contribution in [3.63, 3.8) is 0 Å². The summed E-state index contributed by atoms with van der Waals surface area (Å²) in [5.41, 5.74) is 1.88. The molecule has 3 aliphatic rings. The molecule has 2 saturated carbocycles. The van der Waals surface area contributed by atoms with Crippen molar-refractivity contribution in [3.05, 3.63) is 84.6 Å². The van der Waals surface area contributed by atoms with Gasteiger partial charge in [-0.1, -0.05) is 101 Å². The minimum Gasteiger partial charge on any atom is -0.406 e. The first kappa shape index (κ1) is 32.2. The molecule has 1 aliphatic heterocycles. The molecule has 0 amide bonds. The second kappa shape index (κ2) is 12.7. The van der Waals surface area contributed by atoms with E-state index in [1.807, 2.05) is 0 Å². The number of nitrogens with zero attached hydrogens (tertiary/aromatic N) is 2. The van der Waals surface area contributed by atoms with Crippen molar-refractivity contribution in [2.75, 3.05) is 18.6 Å². The smallest absolute Gasteiger partial charge is 0.261 e. The predicted octanol–water partition coefficient (Wildman–Crippen LogP) is 7.52. The number of aromatic nitrogens is 1. The molecule has 3 unspecified atom stereocenters. The zero-order valence-corrected chi connectivity index (χ0v) is 28.9. The van der Waals surface area contributed by atoms with Gasteiger partial charge in [-0.05, 0) is 83.3 Å². The largest absolute Gasteiger partial charge is 0.406 e. The van der Waals surface area contributed by atoms with Crippen LogP contribution in [0.4, 0.5) is 5.82 Å². The van der Waals surface area contributed by atoms with E-state index in [2.05, 4.69) is 131 Å². The Morgan fingerprint density at radius 1 is 0.907 bits per heavy atom. The lowest BCUT2D eigenvalue weighted by molar-refractivity contribution is 0.124. The van der Waals surface area contributed by atoms with Crippen LogP contribution in [0.25, 0.3) is 0 Å². The van der Waals surface area contributed by atoms with Crippen LogP contribution in [-0.2, 0) is 4.43 Å². The maximum Gasteiger partial charge on any atom is 0.261 e. The number of anilines is 1. The summed E-state index contributed by atoms with van der Waals surface area (Å²) in [4.78, 5) is 7.69. The van der Waals surface area contributed by atoms with Crippen LogP contribution in [0, 0.1) is 17.3 Å². The normalized spacial score (nSPS) is 23.5. The standard InChI is InChI=1S/C37H51N3OSi.ClH/c1-27(2)31-20-21-33(32-18-13-19-35(39-32)40(6)28-24-37(25-28)22-23-37)38-34(31)26-41-42(36(3,4)5,29-14-9-7-10-15-29)30-16-11-8-12-17-30;/h7-19,27-28,31,33-34,38H,20-26H2,1-6H3;1H. The minimum atomic E-state index is -2.60. The van der Waals surface area contributed by atoms with E-state index in [0.717, 1.165) is 12.2 Å².